The van der Waals surface area contributed by atoms with Crippen LogP contribution in [0, 0.1) is 12.3 Å². The second-order valence-corrected chi connectivity index (χ2v) is 6.95. The topological polar surface area (TPSA) is 12.9 Å². The van der Waals surface area contributed by atoms with Gasteiger partial charge < -0.3 is 0 Å². The standard InChI is InChI=1S/C13H18ClNS/c1-9-8-16-12(15-9)5-10-4-11(14)7-13(2,3)6-10/h4,8,11H,5-7H2,1-3H3. The third-order valence-corrected chi connectivity index (χ3v) is 4.16. The van der Waals surface area contributed by atoms with E-state index in [1.165, 1.54) is 10.6 Å². The minimum atomic E-state index is 0.194. The minimum Gasteiger partial charge on any atom is -0.246 e. The molecule has 0 fully saturated rings. The lowest BCUT2D eigenvalue weighted by atomic mass is 9.76. The van der Waals surface area contributed by atoms with Crippen molar-refractivity contribution in [3.63, 3.8) is 0 Å². The van der Waals surface area contributed by atoms with Crippen molar-refractivity contribution < 1.29 is 0 Å². The molecule has 0 amide bonds. The molecule has 1 aromatic heterocycles. The first-order valence-corrected chi connectivity index (χ1v) is 7.01. The zero-order valence-electron chi connectivity index (χ0n) is 10.1. The molecular formula is C13H18ClNS. The van der Waals surface area contributed by atoms with E-state index >= 15 is 0 Å². The van der Waals surface area contributed by atoms with Gasteiger partial charge in [-0.3, -0.25) is 0 Å². The SMILES string of the molecule is Cc1csc(CC2=CC(Cl)CC(C)(C)C2)n1. The number of nitrogens with zero attached hydrogens (tertiary/aromatic N) is 1. The molecule has 0 saturated carbocycles. The summed E-state index contributed by atoms with van der Waals surface area (Å²) < 4.78 is 0. The fourth-order valence-electron chi connectivity index (χ4n) is 2.39. The summed E-state index contributed by atoms with van der Waals surface area (Å²) in [5.41, 5.74) is 2.91. The van der Waals surface area contributed by atoms with Crippen molar-refractivity contribution in [2.45, 2.75) is 45.4 Å². The maximum atomic E-state index is 6.27. The Bertz CT molecular complexity index is 406. The van der Waals surface area contributed by atoms with E-state index in [-0.39, 0.29) is 5.38 Å². The van der Waals surface area contributed by atoms with E-state index in [1.54, 1.807) is 11.3 Å². The van der Waals surface area contributed by atoms with Gasteiger partial charge in [0.25, 0.3) is 0 Å². The highest BCUT2D eigenvalue weighted by atomic mass is 35.5. The molecule has 0 bridgehead atoms. The van der Waals surface area contributed by atoms with E-state index in [0.717, 1.165) is 25.0 Å². The second kappa shape index (κ2) is 4.50. The fraction of sp³-hybridized carbons (Fsp3) is 0.615. The van der Waals surface area contributed by atoms with Crippen LogP contribution in [0.3, 0.4) is 0 Å². The molecule has 0 N–H and O–H groups in total. The van der Waals surface area contributed by atoms with Crippen LogP contribution < -0.4 is 0 Å². The van der Waals surface area contributed by atoms with Crippen LogP contribution in [-0.2, 0) is 6.42 Å². The molecule has 16 heavy (non-hydrogen) atoms. The van der Waals surface area contributed by atoms with Crippen LogP contribution in [0.4, 0.5) is 0 Å². The van der Waals surface area contributed by atoms with E-state index in [4.69, 9.17) is 11.6 Å². The highest BCUT2D eigenvalue weighted by Crippen LogP contribution is 2.38. The maximum Gasteiger partial charge on any atom is 0.0968 e. The summed E-state index contributed by atoms with van der Waals surface area (Å²) in [6.45, 7) is 6.63. The zero-order valence-corrected chi connectivity index (χ0v) is 11.7. The Kier molecular flexibility index (Phi) is 3.41. The van der Waals surface area contributed by atoms with Gasteiger partial charge in [0.2, 0.25) is 0 Å². The van der Waals surface area contributed by atoms with Gasteiger partial charge in [0.1, 0.15) is 0 Å². The van der Waals surface area contributed by atoms with Gasteiger partial charge in [0, 0.05) is 17.5 Å². The van der Waals surface area contributed by atoms with Gasteiger partial charge >= 0.3 is 0 Å². The quantitative estimate of drug-likeness (QED) is 0.566. The first kappa shape index (κ1) is 12.1. The van der Waals surface area contributed by atoms with Gasteiger partial charge in [0.15, 0.2) is 0 Å². The largest absolute Gasteiger partial charge is 0.246 e. The number of thiazole rings is 1. The van der Waals surface area contributed by atoms with Gasteiger partial charge in [-0.2, -0.15) is 0 Å². The highest BCUT2D eigenvalue weighted by molar-refractivity contribution is 7.09. The summed E-state index contributed by atoms with van der Waals surface area (Å²) >= 11 is 8.02. The molecule has 3 heteroatoms. The van der Waals surface area contributed by atoms with Gasteiger partial charge in [0.05, 0.1) is 10.4 Å². The lowest BCUT2D eigenvalue weighted by molar-refractivity contribution is 0.320. The Balaban J connectivity index is 2.10. The number of halogens is 1. The van der Waals surface area contributed by atoms with Crippen molar-refractivity contribution >= 4 is 22.9 Å². The number of aryl methyl sites for hydroxylation is 1. The molecule has 0 spiro atoms. The van der Waals surface area contributed by atoms with Crippen LogP contribution >= 0.6 is 22.9 Å². The van der Waals surface area contributed by atoms with Crippen molar-refractivity contribution in [3.8, 4) is 0 Å². The Morgan fingerprint density at radius 2 is 2.31 bits per heavy atom. The van der Waals surface area contributed by atoms with E-state index in [0.29, 0.717) is 5.41 Å². The monoisotopic (exact) mass is 255 g/mol. The van der Waals surface area contributed by atoms with Crippen molar-refractivity contribution in [1.29, 1.82) is 0 Å². The molecule has 0 radical (unpaired) electrons. The number of aromatic nitrogens is 1. The van der Waals surface area contributed by atoms with Gasteiger partial charge in [-0.15, -0.1) is 22.9 Å². The zero-order chi connectivity index (χ0) is 11.8. The van der Waals surface area contributed by atoms with Crippen molar-refractivity contribution in [1.82, 2.24) is 4.98 Å². The van der Waals surface area contributed by atoms with E-state index in [9.17, 15) is 0 Å². The molecule has 88 valence electrons. The Morgan fingerprint density at radius 3 is 2.88 bits per heavy atom. The predicted molar refractivity (Wildman–Crippen MR) is 71.3 cm³/mol. The Hall–Kier alpha value is -0.340. The Morgan fingerprint density at radius 1 is 1.56 bits per heavy atom. The molecule has 0 aliphatic heterocycles. The Labute approximate surface area is 107 Å². The number of hydrogen-bond acceptors (Lipinski definition) is 2. The van der Waals surface area contributed by atoms with Crippen molar-refractivity contribution in [2.75, 3.05) is 0 Å². The van der Waals surface area contributed by atoms with Gasteiger partial charge in [-0.1, -0.05) is 25.5 Å². The summed E-state index contributed by atoms with van der Waals surface area (Å²) in [4.78, 5) is 4.51. The van der Waals surface area contributed by atoms with Crippen LogP contribution in [0.1, 0.15) is 37.4 Å². The third-order valence-electron chi connectivity index (χ3n) is 2.91. The maximum absolute atomic E-state index is 6.27. The first-order chi connectivity index (χ1) is 7.44. The normalized spacial score (nSPS) is 24.2. The lowest BCUT2D eigenvalue weighted by Gasteiger charge is -2.32. The minimum absolute atomic E-state index is 0.194. The van der Waals surface area contributed by atoms with Crippen molar-refractivity contribution in [2.24, 2.45) is 5.41 Å². The molecular weight excluding hydrogens is 238 g/mol. The van der Waals surface area contributed by atoms with Gasteiger partial charge in [-0.05, 0) is 25.2 Å². The van der Waals surface area contributed by atoms with E-state index in [2.05, 4.69) is 30.3 Å². The predicted octanol–water partition coefficient (Wildman–Crippen LogP) is 4.35. The number of allylic oxidation sites excluding steroid dienone is 2. The highest BCUT2D eigenvalue weighted by Gasteiger charge is 2.27. The summed E-state index contributed by atoms with van der Waals surface area (Å²) in [6.07, 6.45) is 5.43. The van der Waals surface area contributed by atoms with Crippen LogP contribution in [0.15, 0.2) is 17.0 Å². The number of hydrogen-bond donors (Lipinski definition) is 0. The summed E-state index contributed by atoms with van der Waals surface area (Å²) in [5, 5.41) is 3.52. The van der Waals surface area contributed by atoms with Crippen LogP contribution in [0.25, 0.3) is 0 Å². The molecule has 1 heterocycles. The molecule has 1 nitrogen and oxygen atoms in total. The van der Waals surface area contributed by atoms with Crippen LogP contribution in [0.2, 0.25) is 0 Å². The van der Waals surface area contributed by atoms with Crippen LogP contribution in [0.5, 0.6) is 0 Å². The molecule has 2 rings (SSSR count). The molecule has 1 atom stereocenters. The molecule has 0 aromatic carbocycles. The molecule has 1 unspecified atom stereocenters. The summed E-state index contributed by atoms with van der Waals surface area (Å²) in [6, 6.07) is 0. The summed E-state index contributed by atoms with van der Waals surface area (Å²) in [5.74, 6) is 0. The number of rotatable bonds is 2. The average molecular weight is 256 g/mol. The molecule has 0 saturated heterocycles. The smallest absolute Gasteiger partial charge is 0.0968 e. The van der Waals surface area contributed by atoms with Crippen molar-refractivity contribution in [3.05, 3.63) is 27.7 Å². The molecule has 1 aliphatic carbocycles. The first-order valence-electron chi connectivity index (χ1n) is 5.69. The molecule has 1 aromatic rings. The van der Waals surface area contributed by atoms with E-state index in [1.807, 2.05) is 6.92 Å². The number of alkyl halides is 1. The van der Waals surface area contributed by atoms with Gasteiger partial charge in [-0.25, -0.2) is 4.98 Å². The molecule has 1 aliphatic rings. The van der Waals surface area contributed by atoms with E-state index < -0.39 is 0 Å². The third kappa shape index (κ3) is 3.08. The average Bonchev–Trinajstić information content (AvgIpc) is 2.46. The lowest BCUT2D eigenvalue weighted by Crippen LogP contribution is -2.22. The fourth-order valence-corrected chi connectivity index (χ4v) is 3.81. The second-order valence-electron chi connectivity index (χ2n) is 5.45. The van der Waals surface area contributed by atoms with Crippen LogP contribution in [-0.4, -0.2) is 10.4 Å². The summed E-state index contributed by atoms with van der Waals surface area (Å²) in [7, 11) is 0.